The number of thiazole rings is 1. The van der Waals surface area contributed by atoms with E-state index in [-0.39, 0.29) is 12.3 Å². The molecule has 0 bridgehead atoms. The quantitative estimate of drug-likeness (QED) is 0.749. The Labute approximate surface area is 139 Å². The molecule has 0 atom stereocenters. The van der Waals surface area contributed by atoms with Gasteiger partial charge in [-0.25, -0.2) is 4.98 Å². The number of rotatable bonds is 8. The third kappa shape index (κ3) is 5.09. The standard InChI is InChI=1S/C16H19ClN2O2S/c1-2-21-9-5-8-18-15(20)10-12-11-22-16(19-12)13-6-3-4-7-14(13)17/h3-4,6-7,11H,2,5,8-10H2,1H3,(H,18,20). The molecule has 1 aromatic heterocycles. The van der Waals surface area contributed by atoms with Gasteiger partial charge in [-0.3, -0.25) is 4.79 Å². The predicted molar refractivity (Wildman–Crippen MR) is 90.4 cm³/mol. The summed E-state index contributed by atoms with van der Waals surface area (Å²) in [6.07, 6.45) is 1.11. The second-order valence-corrected chi connectivity index (χ2v) is 5.97. The molecule has 0 spiro atoms. The molecule has 2 rings (SSSR count). The number of halogens is 1. The van der Waals surface area contributed by atoms with Crippen molar-refractivity contribution in [3.63, 3.8) is 0 Å². The van der Waals surface area contributed by atoms with E-state index in [0.29, 0.717) is 24.8 Å². The highest BCUT2D eigenvalue weighted by atomic mass is 35.5. The van der Waals surface area contributed by atoms with E-state index in [1.54, 1.807) is 0 Å². The maximum atomic E-state index is 11.8. The van der Waals surface area contributed by atoms with Crippen LogP contribution in [0.4, 0.5) is 0 Å². The lowest BCUT2D eigenvalue weighted by atomic mass is 10.2. The third-order valence-electron chi connectivity index (χ3n) is 2.99. The molecule has 0 aliphatic rings. The van der Waals surface area contributed by atoms with Crippen molar-refractivity contribution in [1.29, 1.82) is 0 Å². The molecule has 1 N–H and O–H groups in total. The van der Waals surface area contributed by atoms with Crippen LogP contribution in [0.15, 0.2) is 29.6 Å². The Hall–Kier alpha value is -1.43. The second kappa shape index (κ2) is 8.88. The molecule has 4 nitrogen and oxygen atoms in total. The lowest BCUT2D eigenvalue weighted by molar-refractivity contribution is -0.120. The first-order valence-corrected chi connectivity index (χ1v) is 8.50. The van der Waals surface area contributed by atoms with Gasteiger partial charge in [-0.1, -0.05) is 29.8 Å². The van der Waals surface area contributed by atoms with Crippen LogP contribution in [-0.2, 0) is 16.0 Å². The van der Waals surface area contributed by atoms with Crippen molar-refractivity contribution < 1.29 is 9.53 Å². The van der Waals surface area contributed by atoms with E-state index < -0.39 is 0 Å². The van der Waals surface area contributed by atoms with E-state index in [0.717, 1.165) is 22.7 Å². The topological polar surface area (TPSA) is 51.2 Å². The van der Waals surface area contributed by atoms with E-state index in [9.17, 15) is 4.79 Å². The summed E-state index contributed by atoms with van der Waals surface area (Å²) < 4.78 is 5.22. The molecular formula is C16H19ClN2O2S. The van der Waals surface area contributed by atoms with Crippen molar-refractivity contribution in [1.82, 2.24) is 10.3 Å². The molecule has 0 fully saturated rings. The SMILES string of the molecule is CCOCCCNC(=O)Cc1csc(-c2ccccc2Cl)n1. The highest BCUT2D eigenvalue weighted by molar-refractivity contribution is 7.13. The summed E-state index contributed by atoms with van der Waals surface area (Å²) in [5.74, 6) is -0.0208. The average Bonchev–Trinajstić information content (AvgIpc) is 2.95. The summed E-state index contributed by atoms with van der Waals surface area (Å²) in [4.78, 5) is 16.3. The minimum atomic E-state index is -0.0208. The Balaban J connectivity index is 1.84. The third-order valence-corrected chi connectivity index (χ3v) is 4.24. The molecule has 118 valence electrons. The zero-order valence-corrected chi connectivity index (χ0v) is 14.0. The molecule has 22 heavy (non-hydrogen) atoms. The Bertz CT molecular complexity index is 616. The minimum Gasteiger partial charge on any atom is -0.382 e. The maximum Gasteiger partial charge on any atom is 0.226 e. The Morgan fingerprint density at radius 1 is 1.41 bits per heavy atom. The Morgan fingerprint density at radius 2 is 2.23 bits per heavy atom. The van der Waals surface area contributed by atoms with E-state index in [2.05, 4.69) is 10.3 Å². The van der Waals surface area contributed by atoms with Gasteiger partial charge in [0.25, 0.3) is 0 Å². The van der Waals surface area contributed by atoms with E-state index in [4.69, 9.17) is 16.3 Å². The number of aromatic nitrogens is 1. The monoisotopic (exact) mass is 338 g/mol. The molecule has 0 unspecified atom stereocenters. The number of hydrogen-bond donors (Lipinski definition) is 1. The van der Waals surface area contributed by atoms with E-state index in [1.165, 1.54) is 11.3 Å². The number of hydrogen-bond acceptors (Lipinski definition) is 4. The maximum absolute atomic E-state index is 11.8. The largest absolute Gasteiger partial charge is 0.382 e. The van der Waals surface area contributed by atoms with Crippen LogP contribution < -0.4 is 5.32 Å². The fourth-order valence-corrected chi connectivity index (χ4v) is 3.06. The fraction of sp³-hybridized carbons (Fsp3) is 0.375. The van der Waals surface area contributed by atoms with Crippen LogP contribution in [-0.4, -0.2) is 30.6 Å². The van der Waals surface area contributed by atoms with Gasteiger partial charge < -0.3 is 10.1 Å². The van der Waals surface area contributed by atoms with Crippen LogP contribution in [0.25, 0.3) is 10.6 Å². The van der Waals surface area contributed by atoms with Crippen LogP contribution in [0, 0.1) is 0 Å². The Kier molecular flexibility index (Phi) is 6.83. The molecular weight excluding hydrogens is 320 g/mol. The number of nitrogens with one attached hydrogen (secondary N) is 1. The second-order valence-electron chi connectivity index (χ2n) is 4.70. The summed E-state index contributed by atoms with van der Waals surface area (Å²) in [5.41, 5.74) is 1.67. The van der Waals surface area contributed by atoms with Gasteiger partial charge in [0, 0.05) is 30.7 Å². The Morgan fingerprint density at radius 3 is 3.00 bits per heavy atom. The normalized spacial score (nSPS) is 10.6. The summed E-state index contributed by atoms with van der Waals surface area (Å²) in [5, 5.41) is 6.28. The lowest BCUT2D eigenvalue weighted by Gasteiger charge is -2.04. The first-order valence-electron chi connectivity index (χ1n) is 7.24. The number of nitrogens with zero attached hydrogens (tertiary/aromatic N) is 1. The van der Waals surface area contributed by atoms with Gasteiger partial charge in [0.2, 0.25) is 5.91 Å². The number of benzene rings is 1. The van der Waals surface area contributed by atoms with Crippen molar-refractivity contribution in [2.75, 3.05) is 19.8 Å². The molecule has 0 saturated heterocycles. The predicted octanol–water partition coefficient (Wildman–Crippen LogP) is 3.55. The molecule has 1 heterocycles. The van der Waals surface area contributed by atoms with Gasteiger partial charge in [0.1, 0.15) is 5.01 Å². The van der Waals surface area contributed by atoms with Gasteiger partial charge >= 0.3 is 0 Å². The first kappa shape index (κ1) is 16.9. The van der Waals surface area contributed by atoms with Gasteiger partial charge in [-0.2, -0.15) is 0 Å². The summed E-state index contributed by atoms with van der Waals surface area (Å²) in [6, 6.07) is 7.57. The molecule has 1 aromatic carbocycles. The van der Waals surface area contributed by atoms with Gasteiger partial charge in [0.15, 0.2) is 0 Å². The number of carbonyl (C=O) groups excluding carboxylic acids is 1. The fourth-order valence-electron chi connectivity index (χ4n) is 1.92. The smallest absolute Gasteiger partial charge is 0.226 e. The van der Waals surface area contributed by atoms with E-state index >= 15 is 0 Å². The van der Waals surface area contributed by atoms with Crippen molar-refractivity contribution >= 4 is 28.8 Å². The average molecular weight is 339 g/mol. The first-order chi connectivity index (χ1) is 10.7. The highest BCUT2D eigenvalue weighted by Gasteiger charge is 2.10. The summed E-state index contributed by atoms with van der Waals surface area (Å²) in [7, 11) is 0. The van der Waals surface area contributed by atoms with Crippen molar-refractivity contribution in [3.8, 4) is 10.6 Å². The lowest BCUT2D eigenvalue weighted by Crippen LogP contribution is -2.26. The molecule has 0 radical (unpaired) electrons. The van der Waals surface area contributed by atoms with Crippen molar-refractivity contribution in [3.05, 3.63) is 40.4 Å². The van der Waals surface area contributed by atoms with Gasteiger partial charge in [0.05, 0.1) is 17.1 Å². The van der Waals surface area contributed by atoms with Crippen molar-refractivity contribution in [2.45, 2.75) is 19.8 Å². The van der Waals surface area contributed by atoms with Gasteiger partial charge in [-0.05, 0) is 19.4 Å². The summed E-state index contributed by atoms with van der Waals surface area (Å²) >= 11 is 7.66. The number of carbonyl (C=O) groups is 1. The molecule has 6 heteroatoms. The van der Waals surface area contributed by atoms with Crippen molar-refractivity contribution in [2.24, 2.45) is 0 Å². The molecule has 1 amide bonds. The number of amides is 1. The van der Waals surface area contributed by atoms with Crippen LogP contribution in [0.3, 0.4) is 0 Å². The highest BCUT2D eigenvalue weighted by Crippen LogP contribution is 2.30. The van der Waals surface area contributed by atoms with Crippen LogP contribution in [0.1, 0.15) is 19.0 Å². The van der Waals surface area contributed by atoms with Crippen LogP contribution in [0.2, 0.25) is 5.02 Å². The molecule has 2 aromatic rings. The van der Waals surface area contributed by atoms with E-state index in [1.807, 2.05) is 36.6 Å². The molecule has 0 aliphatic carbocycles. The number of ether oxygens (including phenoxy) is 1. The minimum absolute atomic E-state index is 0.0208. The van der Waals surface area contributed by atoms with Crippen LogP contribution >= 0.6 is 22.9 Å². The summed E-state index contributed by atoms with van der Waals surface area (Å²) in [6.45, 7) is 3.96. The molecule has 0 saturated carbocycles. The molecule has 0 aliphatic heterocycles. The van der Waals surface area contributed by atoms with Crippen LogP contribution in [0.5, 0.6) is 0 Å². The van der Waals surface area contributed by atoms with Gasteiger partial charge in [-0.15, -0.1) is 11.3 Å². The zero-order chi connectivity index (χ0) is 15.8. The zero-order valence-electron chi connectivity index (χ0n) is 12.5.